The summed E-state index contributed by atoms with van der Waals surface area (Å²) in [5.41, 5.74) is 3.01. The minimum atomic E-state index is -0.541. The molecule has 5 nitrogen and oxygen atoms in total. The van der Waals surface area contributed by atoms with Crippen LogP contribution in [0.5, 0.6) is 0 Å². The van der Waals surface area contributed by atoms with Crippen molar-refractivity contribution < 1.29 is 9.60 Å². The van der Waals surface area contributed by atoms with Gasteiger partial charge in [-0.1, -0.05) is 24.3 Å². The Hall–Kier alpha value is -2.73. The molecule has 0 unspecified atom stereocenters. The van der Waals surface area contributed by atoms with Crippen LogP contribution in [0.25, 0.3) is 10.8 Å². The van der Waals surface area contributed by atoms with Crippen LogP contribution in [0.15, 0.2) is 47.3 Å². The van der Waals surface area contributed by atoms with Gasteiger partial charge in [0.2, 0.25) is 0 Å². The van der Waals surface area contributed by atoms with Gasteiger partial charge in [-0.3, -0.25) is 15.5 Å². The lowest BCUT2D eigenvalue weighted by atomic mass is 10.0. The third-order valence-electron chi connectivity index (χ3n) is 3.30. The van der Waals surface area contributed by atoms with Crippen molar-refractivity contribution >= 4 is 16.5 Å². The zero-order chi connectivity index (χ0) is 14.8. The smallest absolute Gasteiger partial charge is 0.272 e. The number of aromatic nitrogens is 2. The van der Waals surface area contributed by atoms with E-state index in [0.717, 1.165) is 10.9 Å². The van der Waals surface area contributed by atoms with Crippen molar-refractivity contribution in [2.75, 3.05) is 5.48 Å². The Morgan fingerprint density at radius 3 is 2.71 bits per heavy atom. The number of anilines is 1. The number of fused-ring (bicyclic) bond motifs is 1. The first kappa shape index (κ1) is 13.3. The molecular weight excluding hydrogens is 273 g/mol. The standard InChI is InChI=1S/C15H12FN3O2/c16-12-6-5-9(8-14(12)19-21)7-13-10-3-1-2-4-11(10)15(20)18-17-13/h1-6,8,19,21H,7H2,(H,18,20). The Balaban J connectivity index is 2.06. The van der Waals surface area contributed by atoms with Crippen LogP contribution < -0.4 is 11.0 Å². The van der Waals surface area contributed by atoms with Crippen molar-refractivity contribution in [1.82, 2.24) is 10.2 Å². The van der Waals surface area contributed by atoms with Gasteiger partial charge in [-0.2, -0.15) is 5.10 Å². The predicted molar refractivity (Wildman–Crippen MR) is 77.0 cm³/mol. The second kappa shape index (κ2) is 5.34. The predicted octanol–water partition coefficient (Wildman–Crippen LogP) is 2.45. The topological polar surface area (TPSA) is 78.0 Å². The highest BCUT2D eigenvalue weighted by molar-refractivity contribution is 5.83. The molecule has 2 aromatic carbocycles. The fraction of sp³-hybridized carbons (Fsp3) is 0.0667. The summed E-state index contributed by atoms with van der Waals surface area (Å²) in [6.45, 7) is 0. The van der Waals surface area contributed by atoms with E-state index in [9.17, 15) is 9.18 Å². The van der Waals surface area contributed by atoms with E-state index in [1.807, 2.05) is 17.6 Å². The van der Waals surface area contributed by atoms with Crippen LogP contribution in [-0.2, 0) is 6.42 Å². The van der Waals surface area contributed by atoms with Crippen molar-refractivity contribution in [3.05, 3.63) is 69.9 Å². The molecule has 0 fully saturated rings. The van der Waals surface area contributed by atoms with E-state index < -0.39 is 5.82 Å². The first-order valence-corrected chi connectivity index (χ1v) is 6.34. The van der Waals surface area contributed by atoms with Gasteiger partial charge in [-0.15, -0.1) is 0 Å². The zero-order valence-corrected chi connectivity index (χ0v) is 10.9. The van der Waals surface area contributed by atoms with Crippen molar-refractivity contribution in [1.29, 1.82) is 0 Å². The van der Waals surface area contributed by atoms with E-state index in [2.05, 4.69) is 10.2 Å². The highest BCUT2D eigenvalue weighted by Gasteiger charge is 2.08. The van der Waals surface area contributed by atoms with Gasteiger partial charge in [0.25, 0.3) is 5.56 Å². The van der Waals surface area contributed by atoms with E-state index in [1.54, 1.807) is 18.2 Å². The number of hydrogen-bond donors (Lipinski definition) is 3. The van der Waals surface area contributed by atoms with Gasteiger partial charge >= 0.3 is 0 Å². The van der Waals surface area contributed by atoms with Gasteiger partial charge in [0.1, 0.15) is 5.82 Å². The molecule has 0 aliphatic rings. The third-order valence-corrected chi connectivity index (χ3v) is 3.30. The molecule has 0 spiro atoms. The van der Waals surface area contributed by atoms with Crippen LogP contribution in [0.4, 0.5) is 10.1 Å². The summed E-state index contributed by atoms with van der Waals surface area (Å²) < 4.78 is 13.3. The van der Waals surface area contributed by atoms with Gasteiger partial charge in [0.05, 0.1) is 16.8 Å². The summed E-state index contributed by atoms with van der Waals surface area (Å²) in [5.74, 6) is -0.541. The Morgan fingerprint density at radius 1 is 1.19 bits per heavy atom. The van der Waals surface area contributed by atoms with E-state index in [0.29, 0.717) is 17.5 Å². The zero-order valence-electron chi connectivity index (χ0n) is 10.9. The fourth-order valence-corrected chi connectivity index (χ4v) is 2.27. The van der Waals surface area contributed by atoms with Crippen LogP contribution in [0.1, 0.15) is 11.3 Å². The van der Waals surface area contributed by atoms with Gasteiger partial charge in [-0.25, -0.2) is 9.49 Å². The van der Waals surface area contributed by atoms with Crippen LogP contribution in [0.3, 0.4) is 0 Å². The van der Waals surface area contributed by atoms with Crippen molar-refractivity contribution in [3.8, 4) is 0 Å². The molecule has 0 saturated carbocycles. The van der Waals surface area contributed by atoms with Crippen LogP contribution in [0, 0.1) is 5.82 Å². The molecule has 0 atom stereocenters. The molecule has 106 valence electrons. The average Bonchev–Trinajstić information content (AvgIpc) is 2.52. The summed E-state index contributed by atoms with van der Waals surface area (Å²) in [4.78, 5) is 11.7. The van der Waals surface area contributed by atoms with Crippen molar-refractivity contribution in [2.24, 2.45) is 0 Å². The Kier molecular flexibility index (Phi) is 3.37. The lowest BCUT2D eigenvalue weighted by Gasteiger charge is -2.07. The van der Waals surface area contributed by atoms with Gasteiger partial charge in [0, 0.05) is 11.8 Å². The Morgan fingerprint density at radius 2 is 1.95 bits per heavy atom. The van der Waals surface area contributed by atoms with Gasteiger partial charge in [-0.05, 0) is 23.8 Å². The minimum Gasteiger partial charge on any atom is -0.291 e. The number of rotatable bonds is 3. The van der Waals surface area contributed by atoms with Crippen molar-refractivity contribution in [2.45, 2.75) is 6.42 Å². The second-order valence-corrected chi connectivity index (χ2v) is 4.65. The summed E-state index contributed by atoms with van der Waals surface area (Å²) >= 11 is 0. The van der Waals surface area contributed by atoms with E-state index >= 15 is 0 Å². The van der Waals surface area contributed by atoms with Crippen LogP contribution in [0.2, 0.25) is 0 Å². The van der Waals surface area contributed by atoms with Crippen LogP contribution >= 0.6 is 0 Å². The minimum absolute atomic E-state index is 0.00114. The average molecular weight is 285 g/mol. The summed E-state index contributed by atoms with van der Waals surface area (Å²) in [7, 11) is 0. The molecule has 0 aliphatic carbocycles. The molecule has 1 aromatic heterocycles. The highest BCUT2D eigenvalue weighted by atomic mass is 19.1. The molecular formula is C15H12FN3O2. The summed E-state index contributed by atoms with van der Waals surface area (Å²) in [6, 6.07) is 11.5. The molecule has 1 heterocycles. The first-order chi connectivity index (χ1) is 10.2. The molecule has 0 radical (unpaired) electrons. The molecule has 3 N–H and O–H groups in total. The molecule has 3 aromatic rings. The van der Waals surface area contributed by atoms with Crippen LogP contribution in [-0.4, -0.2) is 15.4 Å². The molecule has 3 rings (SSSR count). The number of nitrogens with zero attached hydrogens (tertiary/aromatic N) is 1. The second-order valence-electron chi connectivity index (χ2n) is 4.65. The SMILES string of the molecule is O=c1[nH]nc(Cc2ccc(F)c(NO)c2)c2ccccc12. The maximum Gasteiger partial charge on any atom is 0.272 e. The molecule has 0 bridgehead atoms. The lowest BCUT2D eigenvalue weighted by molar-refractivity contribution is 0.384. The number of halogens is 1. The van der Waals surface area contributed by atoms with Crippen molar-refractivity contribution in [3.63, 3.8) is 0 Å². The molecule has 6 heteroatoms. The lowest BCUT2D eigenvalue weighted by Crippen LogP contribution is -2.11. The third kappa shape index (κ3) is 2.48. The normalized spacial score (nSPS) is 10.8. The Bertz CT molecular complexity index is 861. The maximum absolute atomic E-state index is 13.3. The molecule has 21 heavy (non-hydrogen) atoms. The molecule has 0 aliphatic heterocycles. The quantitative estimate of drug-likeness (QED) is 0.646. The number of H-pyrrole nitrogens is 1. The van der Waals surface area contributed by atoms with E-state index in [1.165, 1.54) is 12.1 Å². The Labute approximate surface area is 119 Å². The summed E-state index contributed by atoms with van der Waals surface area (Å²) in [5, 5.41) is 16.7. The summed E-state index contributed by atoms with van der Waals surface area (Å²) in [6.07, 6.45) is 0.409. The first-order valence-electron chi connectivity index (χ1n) is 6.34. The molecule has 0 saturated heterocycles. The van der Waals surface area contributed by atoms with Gasteiger partial charge < -0.3 is 0 Å². The number of aromatic amines is 1. The maximum atomic E-state index is 13.3. The number of hydrogen-bond acceptors (Lipinski definition) is 4. The van der Waals surface area contributed by atoms with E-state index in [-0.39, 0.29) is 11.2 Å². The molecule has 0 amide bonds. The number of benzene rings is 2. The fourth-order valence-electron chi connectivity index (χ4n) is 2.27. The monoisotopic (exact) mass is 285 g/mol. The van der Waals surface area contributed by atoms with Gasteiger partial charge in [0.15, 0.2) is 0 Å². The van der Waals surface area contributed by atoms with E-state index in [4.69, 9.17) is 5.21 Å². The number of nitrogens with one attached hydrogen (secondary N) is 2. The highest BCUT2D eigenvalue weighted by Crippen LogP contribution is 2.20. The largest absolute Gasteiger partial charge is 0.291 e.